The summed E-state index contributed by atoms with van der Waals surface area (Å²) in [5.41, 5.74) is 2.95. The molecule has 0 bridgehead atoms. The number of piperazine rings is 1. The van der Waals surface area contributed by atoms with Gasteiger partial charge in [0, 0.05) is 44.4 Å². The number of carbonyl (C=O) groups excluding carboxylic acids is 1. The number of aromatic nitrogens is 1. The second-order valence-electron chi connectivity index (χ2n) is 7.13. The number of nitrogens with zero attached hydrogens (tertiary/aromatic N) is 3. The van der Waals surface area contributed by atoms with Crippen molar-refractivity contribution in [1.29, 1.82) is 0 Å². The van der Waals surface area contributed by atoms with Crippen LogP contribution < -0.4 is 0 Å². The van der Waals surface area contributed by atoms with Gasteiger partial charge in [0.05, 0.1) is 11.4 Å². The van der Waals surface area contributed by atoms with Gasteiger partial charge in [0.2, 0.25) is 0 Å². The van der Waals surface area contributed by atoms with Crippen LogP contribution in [0.25, 0.3) is 12.2 Å². The predicted octanol–water partition coefficient (Wildman–Crippen LogP) is 2.82. The Hall–Kier alpha value is -3.09. The van der Waals surface area contributed by atoms with Crippen molar-refractivity contribution in [3.63, 3.8) is 0 Å². The van der Waals surface area contributed by atoms with Crippen LogP contribution in [-0.4, -0.2) is 64.9 Å². The van der Waals surface area contributed by atoms with E-state index in [0.717, 1.165) is 38.8 Å². The van der Waals surface area contributed by atoms with Crippen LogP contribution in [0.15, 0.2) is 54.6 Å². The number of benzene rings is 1. The lowest BCUT2D eigenvalue weighted by molar-refractivity contribution is -0.131. The third kappa shape index (κ3) is 6.48. The van der Waals surface area contributed by atoms with E-state index in [1.54, 1.807) is 24.3 Å². The molecule has 1 aromatic heterocycles. The summed E-state index contributed by atoms with van der Waals surface area (Å²) in [5, 5.41) is 8.69. The van der Waals surface area contributed by atoms with Crippen LogP contribution in [0.4, 0.5) is 0 Å². The van der Waals surface area contributed by atoms with Crippen LogP contribution in [0.2, 0.25) is 0 Å². The Kier molecular flexibility index (Phi) is 7.05. The maximum Gasteiger partial charge on any atom is 0.328 e. The van der Waals surface area contributed by atoms with Gasteiger partial charge in [0.25, 0.3) is 0 Å². The van der Waals surface area contributed by atoms with Gasteiger partial charge in [-0.3, -0.25) is 9.69 Å². The SMILES string of the molecule is CN1CCN(Cc2ccc(C(=O)C=Cc3cccc(C=CC(=O)O)n3)cc2)CC1. The number of likely N-dealkylation sites (N-methyl/N-ethyl adjacent to an activating group) is 1. The molecule has 0 radical (unpaired) electrons. The van der Waals surface area contributed by atoms with E-state index in [0.29, 0.717) is 17.0 Å². The van der Waals surface area contributed by atoms with Gasteiger partial charge in [-0.2, -0.15) is 0 Å². The van der Waals surface area contributed by atoms with Gasteiger partial charge in [-0.25, -0.2) is 9.78 Å². The van der Waals surface area contributed by atoms with Crippen molar-refractivity contribution in [1.82, 2.24) is 14.8 Å². The molecule has 0 amide bonds. The molecular weight excluding hydrogens is 366 g/mol. The molecule has 6 heteroatoms. The van der Waals surface area contributed by atoms with Crippen molar-refractivity contribution < 1.29 is 14.7 Å². The quantitative estimate of drug-likeness (QED) is 0.578. The third-order valence-corrected chi connectivity index (χ3v) is 4.83. The highest BCUT2D eigenvalue weighted by Gasteiger charge is 2.13. The fraction of sp³-hybridized carbons (Fsp3) is 0.261. The van der Waals surface area contributed by atoms with Crippen LogP contribution in [0.3, 0.4) is 0 Å². The van der Waals surface area contributed by atoms with E-state index in [1.807, 2.05) is 24.3 Å². The maximum atomic E-state index is 12.4. The first-order valence-corrected chi connectivity index (χ1v) is 9.60. The van der Waals surface area contributed by atoms with E-state index >= 15 is 0 Å². The molecule has 0 aliphatic carbocycles. The molecule has 0 atom stereocenters. The molecule has 0 unspecified atom stereocenters. The van der Waals surface area contributed by atoms with Crippen LogP contribution in [0.5, 0.6) is 0 Å². The van der Waals surface area contributed by atoms with E-state index in [4.69, 9.17) is 5.11 Å². The number of pyridine rings is 1. The zero-order chi connectivity index (χ0) is 20.6. The number of carbonyl (C=O) groups is 2. The highest BCUT2D eigenvalue weighted by Crippen LogP contribution is 2.11. The van der Waals surface area contributed by atoms with Gasteiger partial charge in [0.15, 0.2) is 5.78 Å². The summed E-state index contributed by atoms with van der Waals surface area (Å²) in [4.78, 5) is 32.1. The highest BCUT2D eigenvalue weighted by atomic mass is 16.4. The summed E-state index contributed by atoms with van der Waals surface area (Å²) in [6, 6.07) is 13.0. The fourth-order valence-corrected chi connectivity index (χ4v) is 3.11. The van der Waals surface area contributed by atoms with Gasteiger partial charge < -0.3 is 10.0 Å². The van der Waals surface area contributed by atoms with E-state index in [9.17, 15) is 9.59 Å². The van der Waals surface area contributed by atoms with Gasteiger partial charge in [0.1, 0.15) is 0 Å². The molecule has 29 heavy (non-hydrogen) atoms. The zero-order valence-electron chi connectivity index (χ0n) is 16.5. The first-order valence-electron chi connectivity index (χ1n) is 9.60. The Morgan fingerprint density at radius 3 is 2.21 bits per heavy atom. The van der Waals surface area contributed by atoms with Crippen LogP contribution >= 0.6 is 0 Å². The number of rotatable bonds is 7. The van der Waals surface area contributed by atoms with Gasteiger partial charge >= 0.3 is 5.97 Å². The molecular formula is C23H25N3O3. The van der Waals surface area contributed by atoms with E-state index < -0.39 is 5.97 Å². The molecule has 6 nitrogen and oxygen atoms in total. The van der Waals surface area contributed by atoms with Crippen molar-refractivity contribution in [2.45, 2.75) is 6.54 Å². The smallest absolute Gasteiger partial charge is 0.328 e. The molecule has 1 aliphatic rings. The Morgan fingerprint density at radius 2 is 1.59 bits per heavy atom. The molecule has 150 valence electrons. The second-order valence-corrected chi connectivity index (χ2v) is 7.13. The van der Waals surface area contributed by atoms with Crippen molar-refractivity contribution in [3.8, 4) is 0 Å². The number of hydrogen-bond acceptors (Lipinski definition) is 5. The molecule has 2 heterocycles. The lowest BCUT2D eigenvalue weighted by Crippen LogP contribution is -2.43. The largest absolute Gasteiger partial charge is 0.478 e. The second kappa shape index (κ2) is 9.91. The number of allylic oxidation sites excluding steroid dienone is 1. The Morgan fingerprint density at radius 1 is 0.966 bits per heavy atom. The standard InChI is InChI=1S/C23H25N3O3/c1-25-13-15-26(16-14-25)17-18-5-7-19(8-6-18)22(27)11-9-20-3-2-4-21(24-20)10-12-23(28)29/h2-12H,13-17H2,1H3,(H,28,29). The summed E-state index contributed by atoms with van der Waals surface area (Å²) in [6.07, 6.45) is 5.58. The molecule has 0 spiro atoms. The summed E-state index contributed by atoms with van der Waals surface area (Å²) in [5.74, 6) is -1.12. The maximum absolute atomic E-state index is 12.4. The first-order chi connectivity index (χ1) is 14.0. The molecule has 3 rings (SSSR count). The zero-order valence-corrected chi connectivity index (χ0v) is 16.5. The van der Waals surface area contributed by atoms with Crippen molar-refractivity contribution in [3.05, 3.63) is 77.1 Å². The number of carboxylic acid groups (broad SMARTS) is 1. The lowest BCUT2D eigenvalue weighted by Gasteiger charge is -2.32. The molecule has 1 saturated heterocycles. The summed E-state index contributed by atoms with van der Waals surface area (Å²) in [7, 11) is 2.14. The van der Waals surface area contributed by atoms with Gasteiger partial charge in [-0.1, -0.05) is 30.3 Å². The number of hydrogen-bond donors (Lipinski definition) is 1. The van der Waals surface area contributed by atoms with Gasteiger partial charge in [-0.05, 0) is 43.0 Å². The van der Waals surface area contributed by atoms with E-state index in [1.165, 1.54) is 17.7 Å². The van der Waals surface area contributed by atoms with Crippen molar-refractivity contribution >= 4 is 23.9 Å². The Balaban J connectivity index is 1.59. The lowest BCUT2D eigenvalue weighted by atomic mass is 10.1. The summed E-state index contributed by atoms with van der Waals surface area (Å²) in [6.45, 7) is 5.20. The molecule has 1 fully saturated rings. The molecule has 0 saturated carbocycles. The minimum absolute atomic E-state index is 0.0931. The van der Waals surface area contributed by atoms with E-state index in [-0.39, 0.29) is 5.78 Å². The summed E-state index contributed by atoms with van der Waals surface area (Å²) < 4.78 is 0. The molecule has 1 N–H and O–H groups in total. The minimum atomic E-state index is -1.03. The van der Waals surface area contributed by atoms with Gasteiger partial charge in [-0.15, -0.1) is 0 Å². The summed E-state index contributed by atoms with van der Waals surface area (Å²) >= 11 is 0. The number of aliphatic carboxylic acids is 1. The third-order valence-electron chi connectivity index (χ3n) is 4.83. The average Bonchev–Trinajstić information content (AvgIpc) is 2.73. The monoisotopic (exact) mass is 391 g/mol. The average molecular weight is 391 g/mol. The van der Waals surface area contributed by atoms with Crippen LogP contribution in [-0.2, 0) is 11.3 Å². The first kappa shape index (κ1) is 20.6. The Labute approximate surface area is 170 Å². The predicted molar refractivity (Wildman–Crippen MR) is 113 cm³/mol. The normalized spacial score (nSPS) is 15.9. The fourth-order valence-electron chi connectivity index (χ4n) is 3.11. The highest BCUT2D eigenvalue weighted by molar-refractivity contribution is 6.06. The Bertz CT molecular complexity index is 911. The molecule has 1 aromatic carbocycles. The molecule has 2 aromatic rings. The van der Waals surface area contributed by atoms with Crippen molar-refractivity contribution in [2.24, 2.45) is 0 Å². The minimum Gasteiger partial charge on any atom is -0.478 e. The van der Waals surface area contributed by atoms with E-state index in [2.05, 4.69) is 21.8 Å². The molecule has 1 aliphatic heterocycles. The topological polar surface area (TPSA) is 73.7 Å². The number of carboxylic acids is 1. The van der Waals surface area contributed by atoms with Crippen LogP contribution in [0.1, 0.15) is 27.3 Å². The van der Waals surface area contributed by atoms with Crippen LogP contribution in [0, 0.1) is 0 Å². The number of ketones is 1. The van der Waals surface area contributed by atoms with Crippen molar-refractivity contribution in [2.75, 3.05) is 33.2 Å².